The number of hydrogen-bond donors (Lipinski definition) is 1. The summed E-state index contributed by atoms with van der Waals surface area (Å²) in [6.45, 7) is 0.404. The number of anilines is 1. The molecular weight excluding hydrogens is 516 g/mol. The maximum Gasteiger partial charge on any atom is 0.311 e. The minimum atomic E-state index is -0.527. The van der Waals surface area contributed by atoms with Crippen molar-refractivity contribution in [1.29, 1.82) is 0 Å². The van der Waals surface area contributed by atoms with Crippen LogP contribution in [0.2, 0.25) is 5.02 Å². The van der Waals surface area contributed by atoms with Crippen molar-refractivity contribution in [3.05, 3.63) is 97.9 Å². The van der Waals surface area contributed by atoms with Crippen LogP contribution in [0.15, 0.2) is 71.5 Å². The van der Waals surface area contributed by atoms with Gasteiger partial charge in [0.2, 0.25) is 0 Å². The van der Waals surface area contributed by atoms with Gasteiger partial charge in [-0.3, -0.25) is 19.6 Å². The quantitative estimate of drug-likeness (QED) is 0.259. The fourth-order valence-corrected chi connectivity index (χ4v) is 3.47. The summed E-state index contributed by atoms with van der Waals surface area (Å²) in [6.07, 6.45) is 3.29. The Kier molecular flexibility index (Phi) is 6.71. The van der Waals surface area contributed by atoms with E-state index in [0.717, 1.165) is 5.56 Å². The number of aromatic nitrogens is 4. The number of carbonyl (C=O) groups is 1. The maximum absolute atomic E-state index is 12.6. The zero-order chi connectivity index (χ0) is 23.4. The molecule has 0 aliphatic heterocycles. The lowest BCUT2D eigenvalue weighted by Gasteiger charge is -2.06. The van der Waals surface area contributed by atoms with Crippen LogP contribution in [0, 0.1) is 10.1 Å². The first kappa shape index (κ1) is 22.5. The van der Waals surface area contributed by atoms with Gasteiger partial charge in [0.05, 0.1) is 15.9 Å². The summed E-state index contributed by atoms with van der Waals surface area (Å²) in [7, 11) is 0. The third-order valence-electron chi connectivity index (χ3n) is 4.49. The van der Waals surface area contributed by atoms with Crippen LogP contribution in [0.3, 0.4) is 0 Å². The van der Waals surface area contributed by atoms with Crippen molar-refractivity contribution in [3.63, 3.8) is 0 Å². The van der Waals surface area contributed by atoms with Gasteiger partial charge in [-0.05, 0) is 45.8 Å². The number of amides is 1. The van der Waals surface area contributed by atoms with E-state index in [2.05, 4.69) is 31.4 Å². The number of nitro groups is 1. The van der Waals surface area contributed by atoms with Gasteiger partial charge in [0.15, 0.2) is 24.0 Å². The van der Waals surface area contributed by atoms with E-state index in [4.69, 9.17) is 16.3 Å². The molecule has 10 nitrogen and oxygen atoms in total. The SMILES string of the molecule is O=C(Nc1nn(Cc2ccc(Cl)cc2)cc1Br)c1ccn(COc2ccccc2[N+](=O)[O-])n1. The van der Waals surface area contributed by atoms with Crippen molar-refractivity contribution in [1.82, 2.24) is 19.6 Å². The van der Waals surface area contributed by atoms with Gasteiger partial charge in [-0.25, -0.2) is 4.68 Å². The molecule has 0 unspecified atom stereocenters. The Balaban J connectivity index is 1.38. The summed E-state index contributed by atoms with van der Waals surface area (Å²) >= 11 is 9.31. The average Bonchev–Trinajstić information content (AvgIpc) is 3.40. The van der Waals surface area contributed by atoms with E-state index in [1.54, 1.807) is 35.1 Å². The predicted molar refractivity (Wildman–Crippen MR) is 124 cm³/mol. The van der Waals surface area contributed by atoms with Crippen molar-refractivity contribution in [2.75, 3.05) is 5.32 Å². The summed E-state index contributed by atoms with van der Waals surface area (Å²) < 4.78 is 9.14. The first-order valence-electron chi connectivity index (χ1n) is 9.57. The molecule has 0 spiro atoms. The first-order valence-corrected chi connectivity index (χ1v) is 10.7. The minimum absolute atomic E-state index is 0.0997. The standard InChI is InChI=1S/C21H16BrClN6O4/c22-16-12-28(11-14-5-7-15(23)8-6-14)26-20(16)24-21(30)17-9-10-27(25-17)13-33-19-4-2-1-3-18(19)29(31)32/h1-10,12H,11,13H2,(H,24,26,30). The van der Waals surface area contributed by atoms with Crippen LogP contribution >= 0.6 is 27.5 Å². The van der Waals surface area contributed by atoms with E-state index in [1.165, 1.54) is 29.1 Å². The Morgan fingerprint density at radius 3 is 2.64 bits per heavy atom. The maximum atomic E-state index is 12.6. The van der Waals surface area contributed by atoms with E-state index >= 15 is 0 Å². The van der Waals surface area contributed by atoms with Gasteiger partial charge in [0, 0.05) is 23.5 Å². The van der Waals surface area contributed by atoms with Crippen molar-refractivity contribution < 1.29 is 14.5 Å². The molecule has 12 heteroatoms. The lowest BCUT2D eigenvalue weighted by Crippen LogP contribution is -2.15. The van der Waals surface area contributed by atoms with Crippen LogP contribution in [0.5, 0.6) is 5.75 Å². The monoisotopic (exact) mass is 530 g/mol. The van der Waals surface area contributed by atoms with Crippen LogP contribution in [0.4, 0.5) is 11.5 Å². The molecule has 0 radical (unpaired) electrons. The molecule has 0 fully saturated rings. The summed E-state index contributed by atoms with van der Waals surface area (Å²) in [5, 5.41) is 23.0. The molecular formula is C21H16BrClN6O4. The highest BCUT2D eigenvalue weighted by Gasteiger charge is 2.16. The van der Waals surface area contributed by atoms with Crippen molar-refractivity contribution in [2.24, 2.45) is 0 Å². The molecule has 1 amide bonds. The first-order chi connectivity index (χ1) is 15.9. The molecule has 0 atom stereocenters. The third kappa shape index (κ3) is 5.57. The van der Waals surface area contributed by atoms with Gasteiger partial charge in [-0.1, -0.05) is 35.9 Å². The zero-order valence-corrected chi connectivity index (χ0v) is 19.2. The highest BCUT2D eigenvalue weighted by atomic mass is 79.9. The molecule has 0 bridgehead atoms. The second kappa shape index (κ2) is 9.84. The van der Waals surface area contributed by atoms with Gasteiger partial charge in [-0.15, -0.1) is 0 Å². The normalized spacial score (nSPS) is 10.7. The number of nitrogens with one attached hydrogen (secondary N) is 1. The summed E-state index contributed by atoms with van der Waals surface area (Å²) in [6, 6.07) is 14.9. The molecule has 0 aliphatic carbocycles. The van der Waals surface area contributed by atoms with Gasteiger partial charge in [0.25, 0.3) is 5.91 Å². The number of ether oxygens (including phenoxy) is 1. The van der Waals surface area contributed by atoms with E-state index in [1.807, 2.05) is 12.1 Å². The fraction of sp³-hybridized carbons (Fsp3) is 0.0952. The minimum Gasteiger partial charge on any atom is -0.464 e. The molecule has 0 saturated carbocycles. The number of nitro benzene ring substituents is 1. The number of nitrogens with zero attached hydrogens (tertiary/aromatic N) is 5. The Hall–Kier alpha value is -3.70. The molecule has 0 saturated heterocycles. The van der Waals surface area contributed by atoms with E-state index in [-0.39, 0.29) is 23.9 Å². The smallest absolute Gasteiger partial charge is 0.311 e. The topological polar surface area (TPSA) is 117 Å². The number of benzene rings is 2. The average molecular weight is 532 g/mol. The Morgan fingerprint density at radius 2 is 1.88 bits per heavy atom. The molecule has 33 heavy (non-hydrogen) atoms. The lowest BCUT2D eigenvalue weighted by molar-refractivity contribution is -0.386. The van der Waals surface area contributed by atoms with Crippen molar-refractivity contribution in [3.8, 4) is 5.75 Å². The number of para-hydroxylation sites is 2. The van der Waals surface area contributed by atoms with Gasteiger partial charge < -0.3 is 10.1 Å². The van der Waals surface area contributed by atoms with Gasteiger partial charge >= 0.3 is 5.69 Å². The summed E-state index contributed by atoms with van der Waals surface area (Å²) in [4.78, 5) is 23.2. The third-order valence-corrected chi connectivity index (χ3v) is 5.33. The number of hydrogen-bond acceptors (Lipinski definition) is 6. The van der Waals surface area contributed by atoms with E-state index in [0.29, 0.717) is 21.9 Å². The second-order valence-electron chi connectivity index (χ2n) is 6.84. The largest absolute Gasteiger partial charge is 0.464 e. The van der Waals surface area contributed by atoms with Crippen molar-refractivity contribution >= 4 is 44.9 Å². The molecule has 2 aromatic carbocycles. The zero-order valence-electron chi connectivity index (χ0n) is 16.9. The van der Waals surface area contributed by atoms with E-state index < -0.39 is 10.8 Å². The Bertz CT molecular complexity index is 1300. The molecule has 1 N–H and O–H groups in total. The molecule has 2 aromatic heterocycles. The highest BCUT2D eigenvalue weighted by molar-refractivity contribution is 9.10. The predicted octanol–water partition coefficient (Wildman–Crippen LogP) is 4.74. The highest BCUT2D eigenvalue weighted by Crippen LogP contribution is 2.26. The van der Waals surface area contributed by atoms with Crippen LogP contribution in [0.25, 0.3) is 0 Å². The van der Waals surface area contributed by atoms with Crippen LogP contribution < -0.4 is 10.1 Å². The van der Waals surface area contributed by atoms with Crippen LogP contribution in [-0.4, -0.2) is 30.4 Å². The van der Waals surface area contributed by atoms with Crippen molar-refractivity contribution in [2.45, 2.75) is 13.3 Å². The van der Waals surface area contributed by atoms with Crippen LogP contribution in [-0.2, 0) is 13.3 Å². The molecule has 2 heterocycles. The Labute approximate surface area is 201 Å². The number of rotatable bonds is 8. The second-order valence-corrected chi connectivity index (χ2v) is 8.13. The Morgan fingerprint density at radius 1 is 1.12 bits per heavy atom. The fourth-order valence-electron chi connectivity index (χ4n) is 2.93. The van der Waals surface area contributed by atoms with Crippen LogP contribution in [0.1, 0.15) is 16.1 Å². The summed E-state index contributed by atoms with van der Waals surface area (Å²) in [5.41, 5.74) is 0.992. The number of halogens is 2. The lowest BCUT2D eigenvalue weighted by atomic mass is 10.2. The van der Waals surface area contributed by atoms with Gasteiger partial charge in [0.1, 0.15) is 0 Å². The van der Waals surface area contributed by atoms with Gasteiger partial charge in [-0.2, -0.15) is 10.2 Å². The molecule has 4 aromatic rings. The summed E-state index contributed by atoms with van der Waals surface area (Å²) in [5.74, 6) is -0.00397. The molecule has 0 aliphatic rings. The van der Waals surface area contributed by atoms with E-state index in [9.17, 15) is 14.9 Å². The molecule has 168 valence electrons. The molecule has 4 rings (SSSR count). The number of carbonyl (C=O) groups excluding carboxylic acids is 1.